The van der Waals surface area contributed by atoms with Crippen LogP contribution in [0.2, 0.25) is 0 Å². The molecular weight excluding hydrogens is 476 g/mol. The smallest absolute Gasteiger partial charge is 0.338 e. The summed E-state index contributed by atoms with van der Waals surface area (Å²) in [5.74, 6) is 0.976. The lowest BCUT2D eigenvalue weighted by Gasteiger charge is -2.25. The minimum Gasteiger partial charge on any atom is -0.493 e. The molecular formula is C28H30N2O5S. The van der Waals surface area contributed by atoms with Gasteiger partial charge < -0.3 is 14.2 Å². The van der Waals surface area contributed by atoms with Crippen molar-refractivity contribution in [2.24, 2.45) is 4.99 Å². The Bertz CT molecular complexity index is 1500. The zero-order chi connectivity index (χ0) is 26.0. The maximum absolute atomic E-state index is 13.7. The molecule has 2 heterocycles. The molecule has 1 unspecified atom stereocenters. The summed E-state index contributed by atoms with van der Waals surface area (Å²) in [7, 11) is 3.10. The minimum absolute atomic E-state index is 0.213. The highest BCUT2D eigenvalue weighted by Crippen LogP contribution is 2.36. The van der Waals surface area contributed by atoms with Gasteiger partial charge in [-0.3, -0.25) is 9.36 Å². The van der Waals surface area contributed by atoms with Crippen LogP contribution in [0.25, 0.3) is 6.08 Å². The summed E-state index contributed by atoms with van der Waals surface area (Å²) in [6, 6.07) is 12.8. The number of hydrogen-bond acceptors (Lipinski definition) is 7. The van der Waals surface area contributed by atoms with Crippen LogP contribution in [0.1, 0.15) is 56.3 Å². The lowest BCUT2D eigenvalue weighted by Crippen LogP contribution is -2.39. The molecule has 0 saturated heterocycles. The van der Waals surface area contributed by atoms with Gasteiger partial charge in [0.1, 0.15) is 0 Å². The van der Waals surface area contributed by atoms with Crippen molar-refractivity contribution in [2.75, 3.05) is 20.8 Å². The summed E-state index contributed by atoms with van der Waals surface area (Å²) in [6.45, 7) is 8.02. The maximum Gasteiger partial charge on any atom is 0.338 e. The average Bonchev–Trinajstić information content (AvgIpc) is 3.17. The van der Waals surface area contributed by atoms with Gasteiger partial charge in [0.05, 0.1) is 42.7 Å². The van der Waals surface area contributed by atoms with Gasteiger partial charge in [-0.2, -0.15) is 0 Å². The zero-order valence-electron chi connectivity index (χ0n) is 21.3. The first-order valence-corrected chi connectivity index (χ1v) is 12.6. The molecule has 1 atom stereocenters. The Morgan fingerprint density at radius 3 is 2.42 bits per heavy atom. The predicted molar refractivity (Wildman–Crippen MR) is 140 cm³/mol. The molecule has 8 heteroatoms. The summed E-state index contributed by atoms with van der Waals surface area (Å²) >= 11 is 1.30. The standard InChI is InChI=1S/C28H30N2O5S/c1-7-35-27(32)24-17(4)29-28-30(25(24)20-12-13-21(33-5)22(15-20)34-6)26(31)23(36-28)14-18-8-10-19(11-9-18)16(2)3/h8-16,25H,7H2,1-6H3. The SMILES string of the molecule is CCOC(=O)C1=C(C)N=c2sc(=Cc3ccc(C(C)C)cc3)c(=O)n2C1c1ccc(OC)c(OC)c1. The fraction of sp³-hybridized carbons (Fsp3) is 0.321. The molecule has 1 aromatic heterocycles. The lowest BCUT2D eigenvalue weighted by atomic mass is 9.95. The molecule has 0 N–H and O–H groups in total. The first kappa shape index (κ1) is 25.4. The Morgan fingerprint density at radius 2 is 1.81 bits per heavy atom. The second kappa shape index (κ2) is 10.5. The number of allylic oxidation sites excluding steroid dienone is 1. The first-order valence-electron chi connectivity index (χ1n) is 11.8. The van der Waals surface area contributed by atoms with E-state index in [-0.39, 0.29) is 12.2 Å². The number of benzene rings is 2. The molecule has 2 aromatic carbocycles. The van der Waals surface area contributed by atoms with Crippen molar-refractivity contribution in [3.63, 3.8) is 0 Å². The molecule has 4 rings (SSSR count). The van der Waals surface area contributed by atoms with E-state index in [2.05, 4.69) is 31.0 Å². The number of methoxy groups -OCH3 is 2. The van der Waals surface area contributed by atoms with Crippen LogP contribution in [-0.2, 0) is 9.53 Å². The summed E-state index contributed by atoms with van der Waals surface area (Å²) < 4.78 is 18.3. The zero-order valence-corrected chi connectivity index (χ0v) is 22.1. The second-order valence-electron chi connectivity index (χ2n) is 8.74. The Morgan fingerprint density at radius 1 is 1.11 bits per heavy atom. The summed E-state index contributed by atoms with van der Waals surface area (Å²) in [6.07, 6.45) is 1.86. The number of aromatic nitrogens is 1. The number of nitrogens with zero attached hydrogens (tertiary/aromatic N) is 2. The van der Waals surface area contributed by atoms with Gasteiger partial charge in [-0.1, -0.05) is 55.5 Å². The second-order valence-corrected chi connectivity index (χ2v) is 9.75. The third kappa shape index (κ3) is 4.73. The Hall–Kier alpha value is -3.65. The number of esters is 1. The van der Waals surface area contributed by atoms with Crippen LogP contribution in [-0.4, -0.2) is 31.4 Å². The maximum atomic E-state index is 13.7. The Kier molecular flexibility index (Phi) is 7.45. The van der Waals surface area contributed by atoms with Crippen molar-refractivity contribution in [1.82, 2.24) is 4.57 Å². The molecule has 1 aliphatic heterocycles. The highest BCUT2D eigenvalue weighted by atomic mass is 32.1. The van der Waals surface area contributed by atoms with E-state index in [4.69, 9.17) is 14.2 Å². The van der Waals surface area contributed by atoms with Crippen LogP contribution in [0, 0.1) is 0 Å². The van der Waals surface area contributed by atoms with Gasteiger partial charge in [-0.15, -0.1) is 0 Å². The molecule has 36 heavy (non-hydrogen) atoms. The van der Waals surface area contributed by atoms with E-state index in [1.165, 1.54) is 16.9 Å². The largest absolute Gasteiger partial charge is 0.493 e. The van der Waals surface area contributed by atoms with Crippen LogP contribution in [0.3, 0.4) is 0 Å². The van der Waals surface area contributed by atoms with Crippen LogP contribution in [0.4, 0.5) is 0 Å². The number of ether oxygens (including phenoxy) is 3. The molecule has 1 aliphatic rings. The van der Waals surface area contributed by atoms with Gasteiger partial charge in [0.2, 0.25) is 0 Å². The van der Waals surface area contributed by atoms with Crippen molar-refractivity contribution in [2.45, 2.75) is 39.7 Å². The molecule has 7 nitrogen and oxygen atoms in total. The summed E-state index contributed by atoms with van der Waals surface area (Å²) in [5, 5.41) is 0. The molecule has 0 saturated carbocycles. The van der Waals surface area contributed by atoms with Crippen molar-refractivity contribution in [3.8, 4) is 11.5 Å². The normalized spacial score (nSPS) is 15.5. The third-order valence-electron chi connectivity index (χ3n) is 6.14. The van der Waals surface area contributed by atoms with Gasteiger partial charge >= 0.3 is 5.97 Å². The Labute approximate surface area is 214 Å². The number of carbonyl (C=O) groups is 1. The average molecular weight is 507 g/mol. The highest BCUT2D eigenvalue weighted by Gasteiger charge is 2.33. The number of hydrogen-bond donors (Lipinski definition) is 0. The number of rotatable bonds is 7. The fourth-order valence-corrected chi connectivity index (χ4v) is 5.30. The Balaban J connectivity index is 1.92. The lowest BCUT2D eigenvalue weighted by molar-refractivity contribution is -0.139. The topological polar surface area (TPSA) is 79.1 Å². The monoisotopic (exact) mass is 506 g/mol. The predicted octanol–water partition coefficient (Wildman–Crippen LogP) is 3.94. The van der Waals surface area contributed by atoms with Crippen molar-refractivity contribution in [3.05, 3.63) is 90.1 Å². The van der Waals surface area contributed by atoms with E-state index in [1.54, 1.807) is 44.8 Å². The van der Waals surface area contributed by atoms with Crippen molar-refractivity contribution >= 4 is 23.4 Å². The third-order valence-corrected chi connectivity index (χ3v) is 7.12. The molecule has 0 amide bonds. The van der Waals surface area contributed by atoms with Gasteiger partial charge in [0.15, 0.2) is 16.3 Å². The van der Waals surface area contributed by atoms with E-state index < -0.39 is 12.0 Å². The molecule has 0 radical (unpaired) electrons. The number of carbonyl (C=O) groups excluding carboxylic acids is 1. The number of fused-ring (bicyclic) bond motifs is 1. The van der Waals surface area contributed by atoms with Gasteiger partial charge in [-0.25, -0.2) is 9.79 Å². The van der Waals surface area contributed by atoms with E-state index in [1.807, 2.05) is 24.3 Å². The van der Waals surface area contributed by atoms with Gasteiger partial charge in [-0.05, 0) is 54.7 Å². The van der Waals surface area contributed by atoms with Crippen LogP contribution >= 0.6 is 11.3 Å². The highest BCUT2D eigenvalue weighted by molar-refractivity contribution is 7.07. The first-order chi connectivity index (χ1) is 17.3. The van der Waals surface area contributed by atoms with Gasteiger partial charge in [0, 0.05) is 0 Å². The fourth-order valence-electron chi connectivity index (χ4n) is 4.26. The van der Waals surface area contributed by atoms with E-state index in [0.29, 0.717) is 43.6 Å². The summed E-state index contributed by atoms with van der Waals surface area (Å²) in [4.78, 5) is 31.9. The minimum atomic E-state index is -0.717. The van der Waals surface area contributed by atoms with E-state index in [0.717, 1.165) is 5.56 Å². The van der Waals surface area contributed by atoms with Gasteiger partial charge in [0.25, 0.3) is 5.56 Å². The van der Waals surface area contributed by atoms with Crippen molar-refractivity contribution < 1.29 is 19.0 Å². The molecule has 0 aliphatic carbocycles. The molecule has 3 aromatic rings. The number of thiazole rings is 1. The van der Waals surface area contributed by atoms with E-state index >= 15 is 0 Å². The van der Waals surface area contributed by atoms with Crippen LogP contribution in [0.5, 0.6) is 11.5 Å². The van der Waals surface area contributed by atoms with Crippen LogP contribution in [0.15, 0.2) is 63.5 Å². The molecule has 0 bridgehead atoms. The molecule has 0 spiro atoms. The van der Waals surface area contributed by atoms with Crippen LogP contribution < -0.4 is 24.4 Å². The molecule has 0 fully saturated rings. The molecule has 188 valence electrons. The van der Waals surface area contributed by atoms with E-state index in [9.17, 15) is 9.59 Å². The van der Waals surface area contributed by atoms with Crippen molar-refractivity contribution in [1.29, 1.82) is 0 Å². The summed E-state index contributed by atoms with van der Waals surface area (Å²) in [5.41, 5.74) is 3.47. The quantitative estimate of drug-likeness (QED) is 0.454.